The maximum atomic E-state index is 13.4. The number of nitriles is 1. The summed E-state index contributed by atoms with van der Waals surface area (Å²) in [4.78, 5) is 7.66. The van der Waals surface area contributed by atoms with Crippen LogP contribution >= 0.6 is 11.6 Å². The van der Waals surface area contributed by atoms with Crippen LogP contribution in [0.15, 0.2) is 24.5 Å². The van der Waals surface area contributed by atoms with Gasteiger partial charge in [-0.3, -0.25) is 0 Å². The number of rotatable bonds is 2. The van der Waals surface area contributed by atoms with Gasteiger partial charge < -0.3 is 5.32 Å². The lowest BCUT2D eigenvalue weighted by atomic mass is 10.2. The minimum atomic E-state index is -0.364. The molecule has 0 aliphatic carbocycles. The lowest BCUT2D eigenvalue weighted by molar-refractivity contribution is 0.619. The van der Waals surface area contributed by atoms with Crippen molar-refractivity contribution in [1.82, 2.24) is 9.97 Å². The highest BCUT2D eigenvalue weighted by Crippen LogP contribution is 2.27. The zero-order valence-corrected chi connectivity index (χ0v) is 10.2. The molecule has 1 aromatic heterocycles. The van der Waals surface area contributed by atoms with E-state index in [2.05, 4.69) is 15.3 Å². The van der Waals surface area contributed by atoms with Gasteiger partial charge in [0.2, 0.25) is 0 Å². The van der Waals surface area contributed by atoms with Gasteiger partial charge in [-0.25, -0.2) is 14.4 Å². The Morgan fingerprint density at radius 3 is 2.83 bits per heavy atom. The molecule has 0 aliphatic heterocycles. The lowest BCUT2D eigenvalue weighted by Gasteiger charge is -2.08. The highest BCUT2D eigenvalue weighted by atomic mass is 35.5. The van der Waals surface area contributed by atoms with Gasteiger partial charge in [0.25, 0.3) is 0 Å². The van der Waals surface area contributed by atoms with Crippen molar-refractivity contribution in [2.75, 3.05) is 5.32 Å². The van der Waals surface area contributed by atoms with Crippen molar-refractivity contribution < 1.29 is 4.39 Å². The summed E-state index contributed by atoms with van der Waals surface area (Å²) in [7, 11) is 0. The van der Waals surface area contributed by atoms with Gasteiger partial charge in [-0.2, -0.15) is 5.26 Å². The monoisotopic (exact) mass is 262 g/mol. The van der Waals surface area contributed by atoms with Gasteiger partial charge in [0.05, 0.1) is 10.7 Å². The van der Waals surface area contributed by atoms with Gasteiger partial charge in [-0.05, 0) is 24.6 Å². The third-order valence-corrected chi connectivity index (χ3v) is 2.61. The number of nitrogens with zero attached hydrogens (tertiary/aromatic N) is 3. The molecule has 0 saturated heterocycles. The molecule has 2 aromatic rings. The number of hydrogen-bond donors (Lipinski definition) is 1. The molecule has 90 valence electrons. The first-order chi connectivity index (χ1) is 8.60. The summed E-state index contributed by atoms with van der Waals surface area (Å²) in [5.74, 6) is 0.0168. The number of hydrogen-bond acceptors (Lipinski definition) is 4. The molecule has 0 radical (unpaired) electrons. The van der Waals surface area contributed by atoms with Crippen LogP contribution in [0.1, 0.15) is 11.3 Å². The number of aromatic nitrogens is 2. The normalized spacial score (nSPS) is 9.89. The van der Waals surface area contributed by atoms with Gasteiger partial charge >= 0.3 is 0 Å². The van der Waals surface area contributed by atoms with Crippen LogP contribution in [0.3, 0.4) is 0 Å². The largest absolute Gasteiger partial charge is 0.339 e. The molecule has 4 nitrogen and oxygen atoms in total. The van der Waals surface area contributed by atoms with Crippen molar-refractivity contribution in [3.8, 4) is 6.07 Å². The van der Waals surface area contributed by atoms with E-state index in [1.165, 1.54) is 24.5 Å². The summed E-state index contributed by atoms with van der Waals surface area (Å²) in [5, 5.41) is 11.9. The second-order valence-corrected chi connectivity index (χ2v) is 4.01. The predicted molar refractivity (Wildman–Crippen MR) is 66.2 cm³/mol. The SMILES string of the molecule is Cc1cc(Cl)c(Nc2cc(C#N)ncn2)cc1F. The summed E-state index contributed by atoms with van der Waals surface area (Å²) in [6, 6.07) is 6.15. The second kappa shape index (κ2) is 4.98. The highest BCUT2D eigenvalue weighted by Gasteiger charge is 2.07. The van der Waals surface area contributed by atoms with E-state index in [4.69, 9.17) is 16.9 Å². The van der Waals surface area contributed by atoms with Crippen molar-refractivity contribution in [3.05, 3.63) is 46.6 Å². The first-order valence-electron chi connectivity index (χ1n) is 5.05. The minimum Gasteiger partial charge on any atom is -0.339 e. The Balaban J connectivity index is 2.34. The van der Waals surface area contributed by atoms with Crippen LogP contribution in [0.25, 0.3) is 0 Å². The molecule has 0 spiro atoms. The Kier molecular flexibility index (Phi) is 3.40. The average molecular weight is 263 g/mol. The van der Waals surface area contributed by atoms with Gasteiger partial charge in [-0.15, -0.1) is 0 Å². The molecule has 2 rings (SSSR count). The zero-order valence-electron chi connectivity index (χ0n) is 9.41. The van der Waals surface area contributed by atoms with Crippen LogP contribution in [-0.4, -0.2) is 9.97 Å². The molecule has 0 saturated carbocycles. The Hall–Kier alpha value is -2.19. The number of aryl methyl sites for hydroxylation is 1. The molecule has 1 N–H and O–H groups in total. The van der Waals surface area contributed by atoms with Gasteiger partial charge in [0.15, 0.2) is 0 Å². The number of halogens is 2. The molecule has 0 amide bonds. The predicted octanol–water partition coefficient (Wildman–Crippen LogP) is 3.19. The Morgan fingerprint density at radius 2 is 2.11 bits per heavy atom. The maximum Gasteiger partial charge on any atom is 0.145 e. The second-order valence-electron chi connectivity index (χ2n) is 3.61. The van der Waals surface area contributed by atoms with E-state index in [0.29, 0.717) is 22.1 Å². The maximum absolute atomic E-state index is 13.4. The van der Waals surface area contributed by atoms with Crippen LogP contribution < -0.4 is 5.32 Å². The van der Waals surface area contributed by atoms with Crippen LogP contribution in [0.5, 0.6) is 0 Å². The lowest BCUT2D eigenvalue weighted by Crippen LogP contribution is -1.97. The number of anilines is 2. The molecule has 6 heteroatoms. The summed E-state index contributed by atoms with van der Waals surface area (Å²) in [6.07, 6.45) is 1.25. The fourth-order valence-corrected chi connectivity index (χ4v) is 1.63. The van der Waals surface area contributed by atoms with Crippen LogP contribution in [0, 0.1) is 24.1 Å². The van der Waals surface area contributed by atoms with E-state index in [1.54, 1.807) is 6.92 Å². The van der Waals surface area contributed by atoms with E-state index >= 15 is 0 Å². The van der Waals surface area contributed by atoms with E-state index in [9.17, 15) is 4.39 Å². The van der Waals surface area contributed by atoms with Crippen molar-refractivity contribution in [1.29, 1.82) is 5.26 Å². The minimum absolute atomic E-state index is 0.219. The van der Waals surface area contributed by atoms with Crippen molar-refractivity contribution in [3.63, 3.8) is 0 Å². The van der Waals surface area contributed by atoms with Crippen LogP contribution in [0.2, 0.25) is 5.02 Å². The molecule has 0 fully saturated rings. The summed E-state index contributed by atoms with van der Waals surface area (Å²) in [6.45, 7) is 1.63. The number of benzene rings is 1. The molecule has 0 unspecified atom stereocenters. The summed E-state index contributed by atoms with van der Waals surface area (Å²) in [5.41, 5.74) is 1.07. The molecule has 1 aromatic carbocycles. The third kappa shape index (κ3) is 2.55. The first kappa shape index (κ1) is 12.3. The van der Waals surface area contributed by atoms with Gasteiger partial charge in [0, 0.05) is 6.07 Å². The Bertz CT molecular complexity index is 636. The Labute approximate surface area is 108 Å². The molecule has 0 bridgehead atoms. The molecular weight excluding hydrogens is 255 g/mol. The molecule has 0 aliphatic rings. The summed E-state index contributed by atoms with van der Waals surface area (Å²) < 4.78 is 13.4. The van der Waals surface area contributed by atoms with Gasteiger partial charge in [0.1, 0.15) is 29.7 Å². The van der Waals surface area contributed by atoms with Crippen molar-refractivity contribution in [2.24, 2.45) is 0 Å². The topological polar surface area (TPSA) is 61.6 Å². The average Bonchev–Trinajstić information content (AvgIpc) is 2.36. The van der Waals surface area contributed by atoms with Gasteiger partial charge in [-0.1, -0.05) is 11.6 Å². The third-order valence-electron chi connectivity index (χ3n) is 2.29. The zero-order chi connectivity index (χ0) is 13.1. The number of nitrogens with one attached hydrogen (secondary N) is 1. The molecule has 1 heterocycles. The van der Waals surface area contributed by atoms with E-state index in [1.807, 2.05) is 6.07 Å². The molecule has 18 heavy (non-hydrogen) atoms. The van der Waals surface area contributed by atoms with E-state index in [-0.39, 0.29) is 11.5 Å². The molecular formula is C12H8ClFN4. The molecule has 0 atom stereocenters. The van der Waals surface area contributed by atoms with Crippen molar-refractivity contribution in [2.45, 2.75) is 6.92 Å². The van der Waals surface area contributed by atoms with E-state index in [0.717, 1.165) is 0 Å². The quantitative estimate of drug-likeness (QED) is 0.903. The Morgan fingerprint density at radius 1 is 1.33 bits per heavy atom. The van der Waals surface area contributed by atoms with Crippen LogP contribution in [0.4, 0.5) is 15.9 Å². The first-order valence-corrected chi connectivity index (χ1v) is 5.43. The van der Waals surface area contributed by atoms with E-state index < -0.39 is 0 Å². The van der Waals surface area contributed by atoms with Crippen molar-refractivity contribution >= 4 is 23.1 Å². The fourth-order valence-electron chi connectivity index (χ4n) is 1.37. The van der Waals surface area contributed by atoms with Crippen LogP contribution in [-0.2, 0) is 0 Å². The fraction of sp³-hybridized carbons (Fsp3) is 0.0833. The smallest absolute Gasteiger partial charge is 0.145 e. The highest BCUT2D eigenvalue weighted by molar-refractivity contribution is 6.33. The summed E-state index contributed by atoms with van der Waals surface area (Å²) >= 11 is 5.99. The standard InChI is InChI=1S/C12H8ClFN4/c1-7-2-9(13)11(4-10(7)14)18-12-3-8(5-15)16-6-17-12/h2-4,6H,1H3,(H,16,17,18).